The zero-order valence-corrected chi connectivity index (χ0v) is 10.4. The predicted octanol–water partition coefficient (Wildman–Crippen LogP) is 2.74. The fraction of sp³-hybridized carbons (Fsp3) is 0.0667. The molecule has 0 aliphatic heterocycles. The standard InChI is InChI=1S/C15H14O4/c1-11(10-12-7-3-2-4-8-12)6-5-9-13(14(16)17)15(18)19/h2-10H,1H3,(H,16,17)(H,18,19)/b6-5+,11-10+. The number of carbonyl (C=O) groups is 2. The second-order valence-corrected chi connectivity index (χ2v) is 3.85. The molecule has 0 saturated heterocycles. The van der Waals surface area contributed by atoms with E-state index in [0.717, 1.165) is 17.2 Å². The first kappa shape index (κ1) is 14.4. The van der Waals surface area contributed by atoms with E-state index in [4.69, 9.17) is 10.2 Å². The molecule has 19 heavy (non-hydrogen) atoms. The van der Waals surface area contributed by atoms with Gasteiger partial charge in [0, 0.05) is 0 Å². The molecule has 0 heterocycles. The first-order chi connectivity index (χ1) is 9.00. The van der Waals surface area contributed by atoms with Gasteiger partial charge in [-0.1, -0.05) is 54.1 Å². The molecule has 0 aliphatic rings. The maximum absolute atomic E-state index is 10.6. The van der Waals surface area contributed by atoms with Gasteiger partial charge in [0.15, 0.2) is 0 Å². The zero-order chi connectivity index (χ0) is 14.3. The fourth-order valence-corrected chi connectivity index (χ4v) is 1.39. The number of allylic oxidation sites excluding steroid dienone is 4. The van der Waals surface area contributed by atoms with Crippen LogP contribution in [0.2, 0.25) is 0 Å². The van der Waals surface area contributed by atoms with Crippen molar-refractivity contribution < 1.29 is 19.8 Å². The van der Waals surface area contributed by atoms with E-state index in [0.29, 0.717) is 0 Å². The van der Waals surface area contributed by atoms with E-state index in [-0.39, 0.29) is 0 Å². The van der Waals surface area contributed by atoms with Crippen LogP contribution in [0.15, 0.2) is 59.7 Å². The molecule has 0 spiro atoms. The van der Waals surface area contributed by atoms with E-state index in [1.807, 2.05) is 43.3 Å². The van der Waals surface area contributed by atoms with E-state index in [1.54, 1.807) is 6.08 Å². The third-order valence-electron chi connectivity index (χ3n) is 2.28. The highest BCUT2D eigenvalue weighted by Crippen LogP contribution is 2.07. The summed E-state index contributed by atoms with van der Waals surface area (Å²) in [6.45, 7) is 1.85. The molecule has 0 atom stereocenters. The Labute approximate surface area is 111 Å². The molecular weight excluding hydrogens is 244 g/mol. The van der Waals surface area contributed by atoms with E-state index >= 15 is 0 Å². The smallest absolute Gasteiger partial charge is 0.343 e. The number of carboxylic acid groups (broad SMARTS) is 2. The lowest BCUT2D eigenvalue weighted by Gasteiger charge is -1.95. The van der Waals surface area contributed by atoms with Crippen molar-refractivity contribution >= 4 is 18.0 Å². The number of carboxylic acids is 2. The maximum atomic E-state index is 10.6. The summed E-state index contributed by atoms with van der Waals surface area (Å²) < 4.78 is 0. The van der Waals surface area contributed by atoms with Crippen LogP contribution >= 0.6 is 0 Å². The van der Waals surface area contributed by atoms with Crippen LogP contribution in [-0.4, -0.2) is 22.2 Å². The molecule has 0 unspecified atom stereocenters. The molecule has 0 bridgehead atoms. The van der Waals surface area contributed by atoms with Gasteiger partial charge in [-0.15, -0.1) is 0 Å². The zero-order valence-electron chi connectivity index (χ0n) is 10.4. The molecule has 0 radical (unpaired) electrons. The molecule has 0 fully saturated rings. The highest BCUT2D eigenvalue weighted by atomic mass is 16.4. The van der Waals surface area contributed by atoms with Crippen molar-refractivity contribution in [3.05, 3.63) is 65.3 Å². The monoisotopic (exact) mass is 258 g/mol. The van der Waals surface area contributed by atoms with Crippen molar-refractivity contribution in [2.45, 2.75) is 6.92 Å². The van der Waals surface area contributed by atoms with E-state index in [1.165, 1.54) is 6.08 Å². The van der Waals surface area contributed by atoms with Gasteiger partial charge in [0.05, 0.1) is 0 Å². The first-order valence-electron chi connectivity index (χ1n) is 5.59. The molecule has 4 nitrogen and oxygen atoms in total. The van der Waals surface area contributed by atoms with E-state index in [2.05, 4.69) is 0 Å². The summed E-state index contributed by atoms with van der Waals surface area (Å²) in [6.07, 6.45) is 6.03. The van der Waals surface area contributed by atoms with Crippen LogP contribution in [0, 0.1) is 0 Å². The molecule has 1 rings (SSSR count). The Kier molecular flexibility index (Phi) is 5.29. The van der Waals surface area contributed by atoms with Crippen LogP contribution in [0.4, 0.5) is 0 Å². The molecule has 0 amide bonds. The van der Waals surface area contributed by atoms with Gasteiger partial charge < -0.3 is 10.2 Å². The highest BCUT2D eigenvalue weighted by molar-refractivity contribution is 6.12. The predicted molar refractivity (Wildman–Crippen MR) is 72.6 cm³/mol. The van der Waals surface area contributed by atoms with Crippen molar-refractivity contribution in [2.24, 2.45) is 0 Å². The van der Waals surface area contributed by atoms with E-state index < -0.39 is 17.5 Å². The number of aliphatic carboxylic acids is 2. The summed E-state index contributed by atoms with van der Waals surface area (Å²) in [4.78, 5) is 21.2. The fourth-order valence-electron chi connectivity index (χ4n) is 1.39. The lowest BCUT2D eigenvalue weighted by atomic mass is 10.1. The summed E-state index contributed by atoms with van der Waals surface area (Å²) in [7, 11) is 0. The average molecular weight is 258 g/mol. The summed E-state index contributed by atoms with van der Waals surface area (Å²) in [5.41, 5.74) is 1.24. The van der Waals surface area contributed by atoms with Crippen LogP contribution in [0.5, 0.6) is 0 Å². The third-order valence-corrected chi connectivity index (χ3v) is 2.28. The molecule has 2 N–H and O–H groups in total. The molecule has 4 heteroatoms. The van der Waals surface area contributed by atoms with Crippen LogP contribution in [0.1, 0.15) is 12.5 Å². The summed E-state index contributed by atoms with van der Waals surface area (Å²) in [5.74, 6) is -2.91. The van der Waals surface area contributed by atoms with Crippen molar-refractivity contribution in [1.29, 1.82) is 0 Å². The number of rotatable bonds is 5. The molecule has 1 aromatic rings. The van der Waals surface area contributed by atoms with Crippen molar-refractivity contribution in [3.8, 4) is 0 Å². The minimum absolute atomic E-state index is 0.663. The minimum Gasteiger partial charge on any atom is -0.477 e. The third kappa shape index (κ3) is 5.04. The second-order valence-electron chi connectivity index (χ2n) is 3.85. The summed E-state index contributed by atoms with van der Waals surface area (Å²) in [5, 5.41) is 17.3. The Hall–Kier alpha value is -2.62. The van der Waals surface area contributed by atoms with Crippen LogP contribution in [0.25, 0.3) is 6.08 Å². The van der Waals surface area contributed by atoms with Gasteiger partial charge in [-0.3, -0.25) is 0 Å². The van der Waals surface area contributed by atoms with Gasteiger partial charge in [0.2, 0.25) is 0 Å². The van der Waals surface area contributed by atoms with Gasteiger partial charge in [0.25, 0.3) is 0 Å². The highest BCUT2D eigenvalue weighted by Gasteiger charge is 2.13. The molecule has 0 saturated carbocycles. The molecule has 0 aliphatic carbocycles. The van der Waals surface area contributed by atoms with Crippen LogP contribution < -0.4 is 0 Å². The summed E-state index contributed by atoms with van der Waals surface area (Å²) in [6, 6.07) is 9.61. The van der Waals surface area contributed by atoms with Crippen molar-refractivity contribution in [1.82, 2.24) is 0 Å². The van der Waals surface area contributed by atoms with Crippen LogP contribution in [-0.2, 0) is 9.59 Å². The van der Waals surface area contributed by atoms with Gasteiger partial charge in [-0.05, 0) is 18.6 Å². The lowest BCUT2D eigenvalue weighted by Crippen LogP contribution is -2.10. The average Bonchev–Trinajstić information content (AvgIpc) is 2.34. The lowest BCUT2D eigenvalue weighted by molar-refractivity contribution is -0.140. The largest absolute Gasteiger partial charge is 0.477 e. The Bertz CT molecular complexity index is 535. The first-order valence-corrected chi connectivity index (χ1v) is 5.59. The molecular formula is C15H14O4. The van der Waals surface area contributed by atoms with Gasteiger partial charge in [0.1, 0.15) is 5.57 Å². The maximum Gasteiger partial charge on any atom is 0.343 e. The Morgan fingerprint density at radius 3 is 2.16 bits per heavy atom. The van der Waals surface area contributed by atoms with E-state index in [9.17, 15) is 9.59 Å². The van der Waals surface area contributed by atoms with Gasteiger partial charge >= 0.3 is 11.9 Å². The second kappa shape index (κ2) is 6.96. The molecule has 98 valence electrons. The van der Waals surface area contributed by atoms with Crippen LogP contribution in [0.3, 0.4) is 0 Å². The Morgan fingerprint density at radius 1 is 1.05 bits per heavy atom. The SMILES string of the molecule is CC(/C=C/C=C(C(=O)O)C(=O)O)=C\c1ccccc1. The Morgan fingerprint density at radius 2 is 1.63 bits per heavy atom. The normalized spacial score (nSPS) is 11.3. The number of hydrogen-bond donors (Lipinski definition) is 2. The Balaban J connectivity index is 2.82. The number of hydrogen-bond acceptors (Lipinski definition) is 2. The number of benzene rings is 1. The minimum atomic E-state index is -1.46. The quantitative estimate of drug-likeness (QED) is 0.368. The van der Waals surface area contributed by atoms with Crippen molar-refractivity contribution in [2.75, 3.05) is 0 Å². The van der Waals surface area contributed by atoms with Crippen molar-refractivity contribution in [3.63, 3.8) is 0 Å². The topological polar surface area (TPSA) is 74.6 Å². The molecule has 0 aromatic heterocycles. The molecule has 1 aromatic carbocycles. The summed E-state index contributed by atoms with van der Waals surface area (Å²) >= 11 is 0. The van der Waals surface area contributed by atoms with Gasteiger partial charge in [-0.2, -0.15) is 0 Å². The van der Waals surface area contributed by atoms with Gasteiger partial charge in [-0.25, -0.2) is 9.59 Å².